The second-order valence-corrected chi connectivity index (χ2v) is 8.76. The van der Waals surface area contributed by atoms with Crippen LogP contribution in [-0.4, -0.2) is 51.2 Å². The van der Waals surface area contributed by atoms with E-state index in [1.165, 1.54) is 37.5 Å². The molecule has 2 fully saturated rings. The summed E-state index contributed by atoms with van der Waals surface area (Å²) in [5.41, 5.74) is 1.48. The highest BCUT2D eigenvalue weighted by Crippen LogP contribution is 2.31. The van der Waals surface area contributed by atoms with E-state index in [2.05, 4.69) is 30.3 Å². The van der Waals surface area contributed by atoms with Gasteiger partial charge in [0.1, 0.15) is 0 Å². The Morgan fingerprint density at radius 2 is 1.59 bits per heavy atom. The van der Waals surface area contributed by atoms with Crippen LogP contribution in [0.15, 0.2) is 30.3 Å². The quantitative estimate of drug-likeness (QED) is 0.897. The first-order valence-corrected chi connectivity index (χ1v) is 10.2. The molecule has 1 saturated heterocycles. The van der Waals surface area contributed by atoms with Crippen LogP contribution < -0.4 is 4.90 Å². The first-order chi connectivity index (χ1) is 10.5. The lowest BCUT2D eigenvalue weighted by Gasteiger charge is -2.38. The molecule has 0 atom stereocenters. The molecule has 0 aromatic heterocycles. The topological polar surface area (TPSA) is 41.8 Å². The van der Waals surface area contributed by atoms with Gasteiger partial charge in [0.15, 0.2) is 0 Å². The van der Waals surface area contributed by atoms with E-state index < -0.39 is 10.0 Å². The van der Waals surface area contributed by atoms with Gasteiger partial charge < -0.3 is 4.90 Å². The van der Waals surface area contributed by atoms with Crippen LogP contribution in [0.1, 0.15) is 37.2 Å². The number of rotatable bonds is 3. The molecule has 3 rings (SSSR count). The summed E-state index contributed by atoms with van der Waals surface area (Å²) in [6, 6.07) is 11.6. The minimum absolute atomic E-state index is 0.687. The second-order valence-electron chi connectivity index (χ2n) is 6.78. The summed E-state index contributed by atoms with van der Waals surface area (Å²) in [5.74, 6) is 0.717. The third-order valence-corrected chi connectivity index (χ3v) is 6.71. The maximum atomic E-state index is 11.6. The predicted octanol–water partition coefficient (Wildman–Crippen LogP) is 0.873. The van der Waals surface area contributed by atoms with Gasteiger partial charge >= 0.3 is 0 Å². The molecule has 0 spiro atoms. The Hall–Kier alpha value is -0.910. The van der Waals surface area contributed by atoms with Crippen LogP contribution in [0.3, 0.4) is 0 Å². The minimum Gasteiger partial charge on any atom is -0.330 e. The average molecular weight is 323 g/mol. The third kappa shape index (κ3) is 3.70. The average Bonchev–Trinajstić information content (AvgIpc) is 2.55. The molecule has 1 aliphatic carbocycles. The van der Waals surface area contributed by atoms with Gasteiger partial charge in [0, 0.05) is 0 Å². The maximum absolute atomic E-state index is 11.6. The van der Waals surface area contributed by atoms with Crippen molar-refractivity contribution in [3.05, 3.63) is 35.9 Å². The molecule has 1 N–H and O–H groups in total. The summed E-state index contributed by atoms with van der Waals surface area (Å²) in [4.78, 5) is 1.62. The van der Waals surface area contributed by atoms with E-state index in [1.807, 2.05) is 0 Å². The first-order valence-electron chi connectivity index (χ1n) is 8.38. The molecule has 0 unspecified atom stereocenters. The summed E-state index contributed by atoms with van der Waals surface area (Å²) >= 11 is 0. The monoisotopic (exact) mass is 323 g/mol. The first kappa shape index (κ1) is 16.0. The Balaban J connectivity index is 1.51. The molecule has 1 aliphatic heterocycles. The van der Waals surface area contributed by atoms with Gasteiger partial charge in [-0.3, -0.25) is 0 Å². The van der Waals surface area contributed by atoms with E-state index in [0.717, 1.165) is 19.1 Å². The zero-order valence-corrected chi connectivity index (χ0v) is 14.2. The van der Waals surface area contributed by atoms with Gasteiger partial charge in [0.25, 0.3) is 0 Å². The Labute approximate surface area is 134 Å². The van der Waals surface area contributed by atoms with E-state index in [1.54, 1.807) is 9.21 Å². The normalized spacial score (nSPS) is 28.6. The number of quaternary nitrogens is 1. The van der Waals surface area contributed by atoms with E-state index in [4.69, 9.17) is 0 Å². The standard InChI is InChI=1S/C17H26N2O2S/c1-22(20,21)19-13-11-18(12-14-19)17-9-7-16(8-10-17)15-5-3-2-4-6-15/h2-6,16-17H,7-14H2,1H3/p+1. The Bertz CT molecular complexity index is 572. The predicted molar refractivity (Wildman–Crippen MR) is 88.6 cm³/mol. The smallest absolute Gasteiger partial charge is 0.211 e. The molecule has 1 heterocycles. The van der Waals surface area contributed by atoms with Crippen molar-refractivity contribution in [1.29, 1.82) is 0 Å². The fourth-order valence-electron chi connectivity index (χ4n) is 4.07. The van der Waals surface area contributed by atoms with Crippen LogP contribution in [0.4, 0.5) is 0 Å². The maximum Gasteiger partial charge on any atom is 0.211 e. The van der Waals surface area contributed by atoms with Crippen LogP contribution in [0.5, 0.6) is 0 Å². The Kier molecular flexibility index (Phi) is 4.85. The van der Waals surface area contributed by atoms with Crippen molar-refractivity contribution < 1.29 is 13.3 Å². The summed E-state index contributed by atoms with van der Waals surface area (Å²) < 4.78 is 24.8. The second kappa shape index (κ2) is 6.69. The number of piperazine rings is 1. The molecule has 0 radical (unpaired) electrons. The molecule has 1 aromatic rings. The fourth-order valence-corrected chi connectivity index (χ4v) is 4.92. The highest BCUT2D eigenvalue weighted by molar-refractivity contribution is 7.88. The van der Waals surface area contributed by atoms with Crippen LogP contribution in [0, 0.1) is 0 Å². The number of nitrogens with zero attached hydrogens (tertiary/aromatic N) is 1. The number of sulfonamides is 1. The largest absolute Gasteiger partial charge is 0.330 e. The van der Waals surface area contributed by atoms with Crippen LogP contribution in [0.25, 0.3) is 0 Å². The lowest BCUT2D eigenvalue weighted by molar-refractivity contribution is -0.930. The van der Waals surface area contributed by atoms with Gasteiger partial charge in [-0.25, -0.2) is 8.42 Å². The van der Waals surface area contributed by atoms with Crippen molar-refractivity contribution in [2.45, 2.75) is 37.6 Å². The number of benzene rings is 1. The molecule has 122 valence electrons. The third-order valence-electron chi connectivity index (χ3n) is 5.41. The van der Waals surface area contributed by atoms with Gasteiger partial charge in [-0.2, -0.15) is 4.31 Å². The molecule has 5 heteroatoms. The fraction of sp³-hybridized carbons (Fsp3) is 0.647. The minimum atomic E-state index is -3.00. The highest BCUT2D eigenvalue weighted by atomic mass is 32.2. The molecular formula is C17H27N2O2S+. The van der Waals surface area contributed by atoms with Crippen molar-refractivity contribution in [2.75, 3.05) is 32.4 Å². The van der Waals surface area contributed by atoms with Gasteiger partial charge in [-0.1, -0.05) is 30.3 Å². The lowest BCUT2D eigenvalue weighted by atomic mass is 9.81. The van der Waals surface area contributed by atoms with Crippen molar-refractivity contribution in [1.82, 2.24) is 4.31 Å². The molecular weight excluding hydrogens is 296 g/mol. The Morgan fingerprint density at radius 3 is 2.14 bits per heavy atom. The number of hydrogen-bond acceptors (Lipinski definition) is 2. The van der Waals surface area contributed by atoms with Gasteiger partial charge in [-0.15, -0.1) is 0 Å². The molecule has 2 aliphatic rings. The van der Waals surface area contributed by atoms with Crippen LogP contribution in [-0.2, 0) is 10.0 Å². The molecule has 22 heavy (non-hydrogen) atoms. The molecule has 4 nitrogen and oxygen atoms in total. The lowest BCUT2D eigenvalue weighted by Crippen LogP contribution is -3.18. The van der Waals surface area contributed by atoms with Crippen molar-refractivity contribution in [3.8, 4) is 0 Å². The van der Waals surface area contributed by atoms with E-state index in [0.29, 0.717) is 19.0 Å². The van der Waals surface area contributed by atoms with Crippen molar-refractivity contribution in [2.24, 2.45) is 0 Å². The zero-order valence-electron chi connectivity index (χ0n) is 13.4. The molecule has 1 saturated carbocycles. The van der Waals surface area contributed by atoms with Gasteiger partial charge in [0.2, 0.25) is 10.0 Å². The Morgan fingerprint density at radius 1 is 1.00 bits per heavy atom. The van der Waals surface area contributed by atoms with Gasteiger partial charge in [-0.05, 0) is 37.2 Å². The SMILES string of the molecule is CS(=O)(=O)N1CC[NH+](C2CCC(c3ccccc3)CC2)CC1. The van der Waals surface area contributed by atoms with E-state index in [9.17, 15) is 8.42 Å². The number of nitrogens with one attached hydrogen (secondary N) is 1. The summed E-state index contributed by atoms with van der Waals surface area (Å²) in [6.07, 6.45) is 6.41. The summed E-state index contributed by atoms with van der Waals surface area (Å²) in [7, 11) is -3.00. The van der Waals surface area contributed by atoms with Crippen molar-refractivity contribution >= 4 is 10.0 Å². The summed E-state index contributed by atoms with van der Waals surface area (Å²) in [5, 5.41) is 0. The van der Waals surface area contributed by atoms with Crippen LogP contribution in [0.2, 0.25) is 0 Å². The van der Waals surface area contributed by atoms with Crippen molar-refractivity contribution in [3.63, 3.8) is 0 Å². The highest BCUT2D eigenvalue weighted by Gasteiger charge is 2.33. The van der Waals surface area contributed by atoms with E-state index in [-0.39, 0.29) is 0 Å². The molecule has 1 aromatic carbocycles. The molecule has 0 amide bonds. The van der Waals surface area contributed by atoms with Crippen LogP contribution >= 0.6 is 0 Å². The van der Waals surface area contributed by atoms with Gasteiger partial charge in [0.05, 0.1) is 38.5 Å². The zero-order chi connectivity index (χ0) is 15.6. The van der Waals surface area contributed by atoms with E-state index >= 15 is 0 Å². The number of hydrogen-bond donors (Lipinski definition) is 1. The summed E-state index contributed by atoms with van der Waals surface area (Å²) in [6.45, 7) is 3.31. The molecule has 0 bridgehead atoms.